The van der Waals surface area contributed by atoms with Gasteiger partial charge in [0.2, 0.25) is 11.8 Å². The van der Waals surface area contributed by atoms with Crippen molar-refractivity contribution < 1.29 is 9.59 Å². The summed E-state index contributed by atoms with van der Waals surface area (Å²) < 4.78 is 0. The van der Waals surface area contributed by atoms with E-state index in [1.165, 1.54) is 0 Å². The Morgan fingerprint density at radius 3 is 2.52 bits per heavy atom. The number of nitrogens with one attached hydrogen (secondary N) is 1. The molecule has 1 atom stereocenters. The Hall–Kier alpha value is -1.10. The summed E-state index contributed by atoms with van der Waals surface area (Å²) in [5.41, 5.74) is -0.241. The largest absolute Gasteiger partial charge is 0.347 e. The molecule has 0 saturated carbocycles. The highest BCUT2D eigenvalue weighted by Gasteiger charge is 2.45. The van der Waals surface area contributed by atoms with E-state index in [2.05, 4.69) is 12.2 Å². The predicted molar refractivity (Wildman–Crippen MR) is 82.9 cm³/mol. The van der Waals surface area contributed by atoms with E-state index in [0.717, 1.165) is 58.2 Å². The van der Waals surface area contributed by atoms with E-state index >= 15 is 0 Å². The van der Waals surface area contributed by atoms with Gasteiger partial charge in [0.15, 0.2) is 0 Å². The molecule has 0 bridgehead atoms. The number of carbonyl (C=O) groups is 2. The average molecular weight is 295 g/mol. The van der Waals surface area contributed by atoms with Gasteiger partial charge in [-0.3, -0.25) is 9.59 Å². The quantitative estimate of drug-likeness (QED) is 0.849. The van der Waals surface area contributed by atoms with Crippen LogP contribution in [0.25, 0.3) is 0 Å². The highest BCUT2D eigenvalue weighted by molar-refractivity contribution is 5.90. The van der Waals surface area contributed by atoms with Crippen LogP contribution in [0.1, 0.15) is 45.4 Å². The fourth-order valence-corrected chi connectivity index (χ4v) is 3.82. The standard InChI is InChI=1S/C16H29N3O2/c1-4-7-16(8-10-17-11-9-16)15(21)19-12-5-6-13(19)14(20)18(2)3/h13,17H,4-12H2,1-3H3. The molecule has 5 nitrogen and oxygen atoms in total. The van der Waals surface area contributed by atoms with Crippen LogP contribution in [-0.2, 0) is 9.59 Å². The molecule has 120 valence electrons. The molecule has 5 heteroatoms. The second-order valence-electron chi connectivity index (χ2n) is 6.67. The number of hydrogen-bond donors (Lipinski definition) is 1. The first-order valence-electron chi connectivity index (χ1n) is 8.25. The molecule has 0 aliphatic carbocycles. The van der Waals surface area contributed by atoms with Gasteiger partial charge in [-0.15, -0.1) is 0 Å². The Labute approximate surface area is 128 Å². The predicted octanol–water partition coefficient (Wildman–Crippen LogP) is 1.24. The Bertz CT molecular complexity index is 383. The van der Waals surface area contributed by atoms with Crippen LogP contribution in [0.3, 0.4) is 0 Å². The Kier molecular flexibility index (Phi) is 5.25. The summed E-state index contributed by atoms with van der Waals surface area (Å²) in [5.74, 6) is 0.296. The van der Waals surface area contributed by atoms with Crippen molar-refractivity contribution in [2.45, 2.75) is 51.5 Å². The second kappa shape index (κ2) is 6.77. The van der Waals surface area contributed by atoms with E-state index < -0.39 is 0 Å². The lowest BCUT2D eigenvalue weighted by Crippen LogP contribution is -2.53. The van der Waals surface area contributed by atoms with Gasteiger partial charge in [-0.05, 0) is 45.2 Å². The first-order chi connectivity index (χ1) is 10.0. The zero-order valence-corrected chi connectivity index (χ0v) is 13.7. The molecular formula is C16H29N3O2. The van der Waals surface area contributed by atoms with Gasteiger partial charge in [0.1, 0.15) is 6.04 Å². The van der Waals surface area contributed by atoms with Gasteiger partial charge in [0.25, 0.3) is 0 Å². The minimum absolute atomic E-state index is 0.0708. The van der Waals surface area contributed by atoms with Crippen LogP contribution < -0.4 is 5.32 Å². The summed E-state index contributed by atoms with van der Waals surface area (Å²) in [6.07, 6.45) is 5.51. The van der Waals surface area contributed by atoms with Crippen molar-refractivity contribution >= 4 is 11.8 Å². The van der Waals surface area contributed by atoms with Crippen LogP contribution in [0, 0.1) is 5.41 Å². The molecule has 0 radical (unpaired) electrons. The monoisotopic (exact) mass is 295 g/mol. The molecule has 21 heavy (non-hydrogen) atoms. The highest BCUT2D eigenvalue weighted by Crippen LogP contribution is 2.38. The van der Waals surface area contributed by atoms with Gasteiger partial charge >= 0.3 is 0 Å². The zero-order chi connectivity index (χ0) is 15.5. The lowest BCUT2D eigenvalue weighted by atomic mass is 9.74. The van der Waals surface area contributed by atoms with Crippen molar-refractivity contribution in [1.82, 2.24) is 15.1 Å². The third kappa shape index (κ3) is 3.23. The van der Waals surface area contributed by atoms with E-state index in [9.17, 15) is 9.59 Å². The van der Waals surface area contributed by atoms with E-state index in [4.69, 9.17) is 0 Å². The Morgan fingerprint density at radius 1 is 1.29 bits per heavy atom. The Balaban J connectivity index is 2.17. The van der Waals surface area contributed by atoms with Crippen molar-refractivity contribution in [2.24, 2.45) is 5.41 Å². The summed E-state index contributed by atoms with van der Waals surface area (Å²) in [6.45, 7) is 4.70. The van der Waals surface area contributed by atoms with Crippen LogP contribution in [0.5, 0.6) is 0 Å². The number of nitrogens with zero attached hydrogens (tertiary/aromatic N) is 2. The molecular weight excluding hydrogens is 266 g/mol. The van der Waals surface area contributed by atoms with E-state index in [0.29, 0.717) is 0 Å². The molecule has 2 rings (SSSR count). The molecule has 2 amide bonds. The summed E-state index contributed by atoms with van der Waals surface area (Å²) in [5, 5.41) is 3.35. The number of rotatable bonds is 4. The minimum Gasteiger partial charge on any atom is -0.347 e. The van der Waals surface area contributed by atoms with Crippen LogP contribution in [0.15, 0.2) is 0 Å². The number of hydrogen-bond acceptors (Lipinski definition) is 3. The van der Waals surface area contributed by atoms with Crippen molar-refractivity contribution in [3.8, 4) is 0 Å². The molecule has 2 aliphatic rings. The molecule has 0 aromatic carbocycles. The van der Waals surface area contributed by atoms with Gasteiger partial charge in [-0.1, -0.05) is 13.3 Å². The number of amides is 2. The van der Waals surface area contributed by atoms with Gasteiger partial charge in [-0.2, -0.15) is 0 Å². The smallest absolute Gasteiger partial charge is 0.244 e. The second-order valence-corrected chi connectivity index (χ2v) is 6.67. The van der Waals surface area contributed by atoms with Gasteiger partial charge in [0.05, 0.1) is 5.41 Å². The normalized spacial score (nSPS) is 24.9. The molecule has 0 spiro atoms. The number of piperidine rings is 1. The van der Waals surface area contributed by atoms with Crippen molar-refractivity contribution in [3.63, 3.8) is 0 Å². The summed E-state index contributed by atoms with van der Waals surface area (Å²) in [4.78, 5) is 29.0. The summed E-state index contributed by atoms with van der Waals surface area (Å²) in [7, 11) is 3.55. The SMILES string of the molecule is CCCC1(C(=O)N2CCCC2C(=O)N(C)C)CCNCC1. The van der Waals surface area contributed by atoms with Crippen molar-refractivity contribution in [3.05, 3.63) is 0 Å². The maximum absolute atomic E-state index is 13.2. The van der Waals surface area contributed by atoms with Gasteiger partial charge < -0.3 is 15.1 Å². The van der Waals surface area contributed by atoms with Crippen LogP contribution in [0.2, 0.25) is 0 Å². The third-order valence-electron chi connectivity index (χ3n) is 4.98. The Morgan fingerprint density at radius 2 is 1.95 bits per heavy atom. The van der Waals surface area contributed by atoms with Crippen LogP contribution in [0.4, 0.5) is 0 Å². The maximum atomic E-state index is 13.2. The first-order valence-corrected chi connectivity index (χ1v) is 8.25. The average Bonchev–Trinajstić information content (AvgIpc) is 2.96. The molecule has 2 heterocycles. The minimum atomic E-state index is -0.241. The van der Waals surface area contributed by atoms with Gasteiger partial charge in [-0.25, -0.2) is 0 Å². The summed E-state index contributed by atoms with van der Waals surface area (Å²) >= 11 is 0. The third-order valence-corrected chi connectivity index (χ3v) is 4.98. The lowest BCUT2D eigenvalue weighted by molar-refractivity contribution is -0.151. The lowest BCUT2D eigenvalue weighted by Gasteiger charge is -2.40. The highest BCUT2D eigenvalue weighted by atomic mass is 16.2. The van der Waals surface area contributed by atoms with E-state index in [1.807, 2.05) is 4.90 Å². The summed E-state index contributed by atoms with van der Waals surface area (Å²) in [6, 6.07) is -0.240. The van der Waals surface area contributed by atoms with Crippen LogP contribution >= 0.6 is 0 Å². The molecule has 2 fully saturated rings. The fourth-order valence-electron chi connectivity index (χ4n) is 3.82. The number of likely N-dealkylation sites (tertiary alicyclic amines) is 1. The molecule has 1 unspecified atom stereocenters. The molecule has 1 N–H and O–H groups in total. The van der Waals surface area contributed by atoms with Crippen molar-refractivity contribution in [2.75, 3.05) is 33.7 Å². The van der Waals surface area contributed by atoms with E-state index in [1.54, 1.807) is 19.0 Å². The molecule has 2 saturated heterocycles. The zero-order valence-electron chi connectivity index (χ0n) is 13.7. The first kappa shape index (κ1) is 16.3. The number of likely N-dealkylation sites (N-methyl/N-ethyl adjacent to an activating group) is 1. The molecule has 0 aromatic heterocycles. The van der Waals surface area contributed by atoms with Crippen LogP contribution in [-0.4, -0.2) is 61.4 Å². The number of carbonyl (C=O) groups excluding carboxylic acids is 2. The van der Waals surface area contributed by atoms with Crippen molar-refractivity contribution in [1.29, 1.82) is 0 Å². The maximum Gasteiger partial charge on any atom is 0.244 e. The fraction of sp³-hybridized carbons (Fsp3) is 0.875. The van der Waals surface area contributed by atoms with Gasteiger partial charge in [0, 0.05) is 20.6 Å². The molecule has 0 aromatic rings. The topological polar surface area (TPSA) is 52.7 Å². The molecule has 2 aliphatic heterocycles. The van der Waals surface area contributed by atoms with E-state index in [-0.39, 0.29) is 23.3 Å².